The molecule has 0 bridgehead atoms. The van der Waals surface area contributed by atoms with E-state index in [1.54, 1.807) is 14.4 Å². The average Bonchev–Trinajstić information content (AvgIpc) is 3.34. The largest absolute Gasteiger partial charge is 0.147 e. The maximum absolute atomic E-state index is 3.05. The molecule has 0 nitrogen and oxygen atoms in total. The molecule has 2 unspecified atom stereocenters. The van der Waals surface area contributed by atoms with E-state index in [2.05, 4.69) is 123 Å². The first-order chi connectivity index (χ1) is 14.5. The van der Waals surface area contributed by atoms with Crippen molar-refractivity contribution in [2.75, 3.05) is 0 Å². The summed E-state index contributed by atoms with van der Waals surface area (Å²) in [4.78, 5) is 0. The third-order valence-corrected chi connectivity index (χ3v) is 18.0. The fourth-order valence-electron chi connectivity index (χ4n) is 5.63. The van der Waals surface area contributed by atoms with Crippen molar-refractivity contribution >= 4 is 34.6 Å². The summed E-state index contributed by atoms with van der Waals surface area (Å²) in [5.41, 5.74) is 7.90. The van der Waals surface area contributed by atoms with Gasteiger partial charge in [0.15, 0.2) is 0 Å². The molecule has 2 aliphatic carbocycles. The molecule has 0 N–H and O–H groups in total. The zero-order chi connectivity index (χ0) is 22.4. The van der Waals surface area contributed by atoms with Gasteiger partial charge in [0, 0.05) is 0 Å². The molecule has 0 spiro atoms. The number of benzene rings is 2. The van der Waals surface area contributed by atoms with Gasteiger partial charge in [-0.3, -0.25) is 0 Å². The number of rotatable bonds is 3. The van der Waals surface area contributed by atoms with E-state index in [1.165, 1.54) is 16.7 Å². The first kappa shape index (κ1) is 28.2. The topological polar surface area (TPSA) is 0 Å². The summed E-state index contributed by atoms with van der Waals surface area (Å²) in [6.07, 6.45) is 8.59. The van der Waals surface area contributed by atoms with Crippen molar-refractivity contribution in [2.45, 2.75) is 56.2 Å². The molecule has 2 atom stereocenters. The van der Waals surface area contributed by atoms with Gasteiger partial charge in [-0.1, -0.05) is 0 Å². The van der Waals surface area contributed by atoms with Crippen LogP contribution in [0.1, 0.15) is 68.3 Å². The normalized spacial score (nSPS) is 19.2. The monoisotopic (exact) mass is 559 g/mol. The van der Waals surface area contributed by atoms with E-state index in [1.807, 2.05) is 0 Å². The van der Waals surface area contributed by atoms with Crippen LogP contribution in [0.3, 0.4) is 0 Å². The molecule has 0 heterocycles. The predicted octanol–water partition coefficient (Wildman–Crippen LogP) is 9.33. The Morgan fingerprint density at radius 3 is 2.03 bits per heavy atom. The van der Waals surface area contributed by atoms with Crippen LogP contribution in [0.25, 0.3) is 6.08 Å². The van der Waals surface area contributed by atoms with Crippen molar-refractivity contribution in [1.82, 2.24) is 0 Å². The van der Waals surface area contributed by atoms with Crippen LogP contribution in [0.2, 0.25) is 4.63 Å². The maximum atomic E-state index is 2.74. The third-order valence-electron chi connectivity index (χ3n) is 7.00. The van der Waals surface area contributed by atoms with E-state index in [0.29, 0.717) is 3.63 Å². The molecule has 0 aliphatic heterocycles. The van der Waals surface area contributed by atoms with Crippen LogP contribution in [0.4, 0.5) is 0 Å². The van der Waals surface area contributed by atoms with Gasteiger partial charge < -0.3 is 0 Å². The number of allylic oxidation sites excluding steroid dienone is 5. The van der Waals surface area contributed by atoms with Gasteiger partial charge in [0.25, 0.3) is 0 Å². The molecule has 33 heavy (non-hydrogen) atoms. The molecule has 0 fully saturated rings. The van der Waals surface area contributed by atoms with Crippen LogP contribution in [-0.2, 0) is 19.8 Å². The number of hydrogen-bond donors (Lipinski definition) is 0. The fraction of sp³-hybridized carbons (Fsp3) is 0.367. The van der Waals surface area contributed by atoms with Crippen molar-refractivity contribution in [1.29, 1.82) is 0 Å². The van der Waals surface area contributed by atoms with Crippen molar-refractivity contribution in [3.05, 3.63) is 97.9 Å². The van der Waals surface area contributed by atoms with Gasteiger partial charge in [-0.15, -0.1) is 24.8 Å². The molecular weight excluding hydrogens is 522 g/mol. The number of halogens is 2. The molecule has 4 rings (SSSR count). The van der Waals surface area contributed by atoms with E-state index < -0.39 is 19.8 Å². The summed E-state index contributed by atoms with van der Waals surface area (Å²) < 4.78 is 7.76. The Kier molecular flexibility index (Phi) is 8.82. The second-order valence-electron chi connectivity index (χ2n) is 11.5. The van der Waals surface area contributed by atoms with Gasteiger partial charge in [-0.2, -0.15) is 0 Å². The Bertz CT molecular complexity index is 1140. The molecule has 2 aromatic rings. The molecule has 2 aromatic carbocycles. The van der Waals surface area contributed by atoms with Gasteiger partial charge >= 0.3 is 194 Å². The Hall–Kier alpha value is -1.01. The molecule has 0 saturated carbocycles. The molecule has 0 amide bonds. The Morgan fingerprint density at radius 1 is 0.818 bits per heavy atom. The molecule has 3 heteroatoms. The minimum atomic E-state index is -3.05. The first-order valence-corrected chi connectivity index (χ1v) is 18.2. The van der Waals surface area contributed by atoms with Crippen LogP contribution in [0.15, 0.2) is 81.2 Å². The zero-order valence-corrected chi connectivity index (χ0v) is 25.2. The van der Waals surface area contributed by atoms with Crippen molar-refractivity contribution < 1.29 is 19.8 Å². The van der Waals surface area contributed by atoms with E-state index in [0.717, 1.165) is 6.42 Å². The van der Waals surface area contributed by atoms with E-state index in [9.17, 15) is 0 Å². The van der Waals surface area contributed by atoms with Crippen LogP contribution in [0.5, 0.6) is 0 Å². The van der Waals surface area contributed by atoms with Crippen molar-refractivity contribution in [3.8, 4) is 0 Å². The molecule has 0 radical (unpaired) electrons. The van der Waals surface area contributed by atoms with E-state index in [-0.39, 0.29) is 35.6 Å². The minimum Gasteiger partial charge on any atom is -0.147 e. The molecule has 177 valence electrons. The van der Waals surface area contributed by atoms with Crippen molar-refractivity contribution in [2.24, 2.45) is 10.8 Å². The smallest absolute Gasteiger partial charge is 0.147 e. The second kappa shape index (κ2) is 10.3. The van der Waals surface area contributed by atoms with Gasteiger partial charge in [0.05, 0.1) is 0 Å². The van der Waals surface area contributed by atoms with Gasteiger partial charge in [0.2, 0.25) is 0 Å². The number of hydrogen-bond acceptors (Lipinski definition) is 0. The Labute approximate surface area is 218 Å². The van der Waals surface area contributed by atoms with Crippen LogP contribution >= 0.6 is 24.8 Å². The van der Waals surface area contributed by atoms with Crippen molar-refractivity contribution in [3.63, 3.8) is 0 Å². The summed E-state index contributed by atoms with van der Waals surface area (Å²) in [5, 5.41) is 0. The summed E-state index contributed by atoms with van der Waals surface area (Å²) in [7, 11) is 0. The number of fused-ring (bicyclic) bond motifs is 1. The quantitative estimate of drug-likeness (QED) is 0.350. The molecule has 2 aliphatic rings. The summed E-state index contributed by atoms with van der Waals surface area (Å²) >= 11 is -3.05. The van der Waals surface area contributed by atoms with Crippen LogP contribution in [0, 0.1) is 10.8 Å². The summed E-state index contributed by atoms with van der Waals surface area (Å²) in [6, 6.07) is 20.1. The third kappa shape index (κ3) is 5.47. The molecular formula is C30H39Cl2Zr. The predicted molar refractivity (Wildman–Crippen MR) is 149 cm³/mol. The average molecular weight is 562 g/mol. The summed E-state index contributed by atoms with van der Waals surface area (Å²) in [6.45, 7) is 14.4. The maximum Gasteiger partial charge on any atom is -0.147 e. The van der Waals surface area contributed by atoms with Gasteiger partial charge in [-0.25, -0.2) is 0 Å². The minimum absolute atomic E-state index is 0. The van der Waals surface area contributed by atoms with E-state index >= 15 is 0 Å². The fourth-order valence-corrected chi connectivity index (χ4v) is 17.0. The SMILES string of the molecule is CC(C)(C)C1=CC[C]([Zr]([CH3])(=[CH]c2ccccc2)[CH]2C=Cc3ccccc32)=C1C(C)(C)C.Cl.Cl. The van der Waals surface area contributed by atoms with Gasteiger partial charge in [-0.05, 0) is 0 Å². The summed E-state index contributed by atoms with van der Waals surface area (Å²) in [5.74, 6) is 0. The standard InChI is InChI=1S/C13H21.C9H7.C7H6.CH3.2ClH.Zr/c1-12(2,3)10-8-7-9-11(10)13(4,5)6;1-2-5-9-7-3-6-8(9)4-1;1-7-5-3-2-4-6-7;;;;/h8H,7H2,1-6H3;1-7H;1-6H;1H3;2*1H;. The van der Waals surface area contributed by atoms with Crippen LogP contribution in [-0.4, -0.2) is 3.71 Å². The zero-order valence-electron chi connectivity index (χ0n) is 21.1. The Morgan fingerprint density at radius 2 is 1.42 bits per heavy atom. The first-order valence-electron chi connectivity index (χ1n) is 11.6. The Balaban J connectivity index is 0.00000193. The molecule has 0 aromatic heterocycles. The van der Waals surface area contributed by atoms with E-state index in [4.69, 9.17) is 0 Å². The second-order valence-corrected chi connectivity index (χ2v) is 21.5. The van der Waals surface area contributed by atoms with Crippen LogP contribution < -0.4 is 0 Å². The van der Waals surface area contributed by atoms with Gasteiger partial charge in [0.1, 0.15) is 0 Å². The molecule has 0 saturated heterocycles.